The van der Waals surface area contributed by atoms with Gasteiger partial charge in [0.25, 0.3) is 0 Å². The Kier molecular flexibility index (Phi) is 4.95. The van der Waals surface area contributed by atoms with Gasteiger partial charge in [-0.15, -0.1) is 0 Å². The molecular formula is C13H21ClN2O. The Morgan fingerprint density at radius 1 is 1.53 bits per heavy atom. The number of methoxy groups -OCH3 is 1. The van der Waals surface area contributed by atoms with Crippen molar-refractivity contribution in [3.63, 3.8) is 0 Å². The highest BCUT2D eigenvalue weighted by molar-refractivity contribution is 6.31. The Balaban J connectivity index is 3.13. The lowest BCUT2D eigenvalue weighted by Crippen LogP contribution is -2.45. The highest BCUT2D eigenvalue weighted by atomic mass is 35.5. The van der Waals surface area contributed by atoms with Crippen molar-refractivity contribution in [3.8, 4) is 0 Å². The van der Waals surface area contributed by atoms with Crippen molar-refractivity contribution < 1.29 is 4.74 Å². The molecule has 17 heavy (non-hydrogen) atoms. The van der Waals surface area contributed by atoms with Gasteiger partial charge in [-0.25, -0.2) is 0 Å². The number of hydrogen-bond acceptors (Lipinski definition) is 3. The van der Waals surface area contributed by atoms with Crippen molar-refractivity contribution in [3.05, 3.63) is 34.3 Å². The molecule has 0 aliphatic rings. The summed E-state index contributed by atoms with van der Waals surface area (Å²) in [5.41, 5.74) is 4.56. The van der Waals surface area contributed by atoms with E-state index in [2.05, 4.69) is 12.3 Å². The number of rotatable bonds is 5. The number of ether oxygens (including phenoxy) is 1. The second-order valence-electron chi connectivity index (χ2n) is 4.48. The van der Waals surface area contributed by atoms with Crippen molar-refractivity contribution in [1.82, 2.24) is 5.43 Å². The molecule has 0 saturated heterocycles. The van der Waals surface area contributed by atoms with E-state index in [1.165, 1.54) is 0 Å². The molecule has 2 atom stereocenters. The summed E-state index contributed by atoms with van der Waals surface area (Å²) in [5.74, 6) is 5.66. The van der Waals surface area contributed by atoms with Gasteiger partial charge in [-0.3, -0.25) is 11.3 Å². The van der Waals surface area contributed by atoms with Crippen molar-refractivity contribution in [2.45, 2.75) is 38.8 Å². The van der Waals surface area contributed by atoms with Crippen LogP contribution in [0.15, 0.2) is 18.2 Å². The van der Waals surface area contributed by atoms with Crippen LogP contribution in [-0.2, 0) is 4.74 Å². The van der Waals surface area contributed by atoms with E-state index in [0.717, 1.165) is 22.6 Å². The van der Waals surface area contributed by atoms with Gasteiger partial charge in [-0.2, -0.15) is 0 Å². The molecule has 0 aromatic heterocycles. The summed E-state index contributed by atoms with van der Waals surface area (Å²) >= 11 is 6.14. The molecule has 0 heterocycles. The third-order valence-corrected chi connectivity index (χ3v) is 3.88. The maximum Gasteiger partial charge on any atom is 0.0854 e. The lowest BCUT2D eigenvalue weighted by Gasteiger charge is -2.35. The molecule has 0 fully saturated rings. The van der Waals surface area contributed by atoms with Gasteiger partial charge in [0, 0.05) is 12.1 Å². The van der Waals surface area contributed by atoms with Crippen LogP contribution in [0.25, 0.3) is 0 Å². The summed E-state index contributed by atoms with van der Waals surface area (Å²) in [6.07, 6.45) is 0.851. The molecule has 2 unspecified atom stereocenters. The number of nitrogens with two attached hydrogens (primary N) is 1. The second kappa shape index (κ2) is 5.83. The van der Waals surface area contributed by atoms with Crippen LogP contribution in [0.1, 0.15) is 37.4 Å². The Bertz CT molecular complexity index is 378. The first-order chi connectivity index (χ1) is 7.98. The van der Waals surface area contributed by atoms with Crippen molar-refractivity contribution in [2.75, 3.05) is 7.11 Å². The molecule has 0 radical (unpaired) electrons. The molecule has 0 spiro atoms. The fourth-order valence-corrected chi connectivity index (χ4v) is 2.07. The third kappa shape index (κ3) is 2.99. The zero-order chi connectivity index (χ0) is 13.1. The van der Waals surface area contributed by atoms with E-state index >= 15 is 0 Å². The van der Waals surface area contributed by atoms with E-state index in [1.54, 1.807) is 7.11 Å². The van der Waals surface area contributed by atoms with Crippen LogP contribution in [0.2, 0.25) is 5.02 Å². The number of nitrogens with one attached hydrogen (secondary N) is 1. The quantitative estimate of drug-likeness (QED) is 0.629. The predicted octanol–water partition coefficient (Wildman–Crippen LogP) is 2.97. The van der Waals surface area contributed by atoms with Gasteiger partial charge in [-0.1, -0.05) is 30.7 Å². The van der Waals surface area contributed by atoms with E-state index in [-0.39, 0.29) is 11.6 Å². The van der Waals surface area contributed by atoms with Crippen LogP contribution >= 0.6 is 11.6 Å². The summed E-state index contributed by atoms with van der Waals surface area (Å²) in [4.78, 5) is 0. The van der Waals surface area contributed by atoms with Gasteiger partial charge in [0.05, 0.1) is 11.6 Å². The molecule has 96 valence electrons. The Morgan fingerprint density at radius 3 is 2.59 bits per heavy atom. The van der Waals surface area contributed by atoms with Gasteiger partial charge in [-0.05, 0) is 37.5 Å². The molecule has 0 aliphatic heterocycles. The van der Waals surface area contributed by atoms with Crippen LogP contribution in [0.4, 0.5) is 0 Å². The average molecular weight is 257 g/mol. The van der Waals surface area contributed by atoms with E-state index in [4.69, 9.17) is 22.2 Å². The fraction of sp³-hybridized carbons (Fsp3) is 0.538. The van der Waals surface area contributed by atoms with Gasteiger partial charge in [0.1, 0.15) is 0 Å². The monoisotopic (exact) mass is 256 g/mol. The average Bonchev–Trinajstić information content (AvgIpc) is 2.34. The Morgan fingerprint density at radius 2 is 2.18 bits per heavy atom. The summed E-state index contributed by atoms with van der Waals surface area (Å²) in [7, 11) is 1.70. The third-order valence-electron chi connectivity index (χ3n) is 3.47. The minimum atomic E-state index is -0.354. The number of hydrogen-bond donors (Lipinski definition) is 2. The number of hydrazine groups is 1. The molecule has 4 heteroatoms. The summed E-state index contributed by atoms with van der Waals surface area (Å²) < 4.78 is 5.58. The topological polar surface area (TPSA) is 47.3 Å². The van der Waals surface area contributed by atoms with Crippen molar-refractivity contribution >= 4 is 11.6 Å². The largest absolute Gasteiger partial charge is 0.376 e. The normalized spacial score (nSPS) is 16.6. The molecule has 0 amide bonds. The van der Waals surface area contributed by atoms with Crippen LogP contribution in [0, 0.1) is 6.92 Å². The number of halogens is 1. The minimum absolute atomic E-state index is 0.0874. The lowest BCUT2D eigenvalue weighted by atomic mass is 9.88. The number of aryl methyl sites for hydroxylation is 1. The molecule has 3 nitrogen and oxygen atoms in total. The van der Waals surface area contributed by atoms with Crippen LogP contribution < -0.4 is 11.3 Å². The smallest absolute Gasteiger partial charge is 0.0854 e. The summed E-state index contributed by atoms with van der Waals surface area (Å²) in [5, 5.41) is 0.748. The summed E-state index contributed by atoms with van der Waals surface area (Å²) in [6.45, 7) is 6.08. The van der Waals surface area contributed by atoms with Gasteiger partial charge in [0.15, 0.2) is 0 Å². The van der Waals surface area contributed by atoms with E-state index in [9.17, 15) is 0 Å². The van der Waals surface area contributed by atoms with Crippen LogP contribution in [0.5, 0.6) is 0 Å². The first kappa shape index (κ1) is 14.5. The minimum Gasteiger partial charge on any atom is -0.376 e. The maximum absolute atomic E-state index is 6.14. The van der Waals surface area contributed by atoms with Crippen LogP contribution in [0.3, 0.4) is 0 Å². The lowest BCUT2D eigenvalue weighted by molar-refractivity contribution is -0.0300. The zero-order valence-electron chi connectivity index (χ0n) is 10.9. The van der Waals surface area contributed by atoms with Gasteiger partial charge in [0.2, 0.25) is 0 Å². The second-order valence-corrected chi connectivity index (χ2v) is 4.89. The summed E-state index contributed by atoms with van der Waals surface area (Å²) in [6, 6.07) is 5.87. The maximum atomic E-state index is 6.14. The predicted molar refractivity (Wildman–Crippen MR) is 72.0 cm³/mol. The highest BCUT2D eigenvalue weighted by Crippen LogP contribution is 2.32. The van der Waals surface area contributed by atoms with E-state index in [0.29, 0.717) is 0 Å². The van der Waals surface area contributed by atoms with Crippen molar-refractivity contribution in [1.29, 1.82) is 0 Å². The fourth-order valence-electron chi connectivity index (χ4n) is 1.88. The molecule has 1 rings (SSSR count). The van der Waals surface area contributed by atoms with Gasteiger partial charge >= 0.3 is 0 Å². The van der Waals surface area contributed by atoms with Crippen LogP contribution in [-0.4, -0.2) is 12.7 Å². The molecule has 0 bridgehead atoms. The highest BCUT2D eigenvalue weighted by Gasteiger charge is 2.33. The first-order valence-electron chi connectivity index (χ1n) is 5.75. The zero-order valence-corrected chi connectivity index (χ0v) is 11.6. The Labute approximate surface area is 108 Å². The number of benzene rings is 1. The van der Waals surface area contributed by atoms with E-state index in [1.807, 2.05) is 32.0 Å². The molecule has 0 aliphatic carbocycles. The molecule has 3 N–H and O–H groups in total. The first-order valence-corrected chi connectivity index (χ1v) is 6.13. The molecule has 0 saturated carbocycles. The van der Waals surface area contributed by atoms with Crippen molar-refractivity contribution in [2.24, 2.45) is 5.84 Å². The van der Waals surface area contributed by atoms with Gasteiger partial charge < -0.3 is 4.74 Å². The molecular weight excluding hydrogens is 236 g/mol. The SMILES string of the molecule is CCC(C)(OC)C(NN)c1ccc(C)c(Cl)c1. The molecule has 1 aromatic rings. The standard InChI is InChI=1S/C13H21ClN2O/c1-5-13(3,17-4)12(16-15)10-7-6-9(2)11(14)8-10/h6-8,12,16H,5,15H2,1-4H3. The molecule has 1 aromatic carbocycles. The van der Waals surface area contributed by atoms with E-state index < -0.39 is 0 Å². The Hall–Kier alpha value is -0.610.